The summed E-state index contributed by atoms with van der Waals surface area (Å²) >= 11 is 0. The zero-order valence-electron chi connectivity index (χ0n) is 24.1. The Morgan fingerprint density at radius 3 is 2.42 bits per heavy atom. The Kier molecular flexibility index (Phi) is 6.54. The van der Waals surface area contributed by atoms with Crippen molar-refractivity contribution in [2.75, 3.05) is 26.7 Å². The molecule has 1 N–H and O–H groups in total. The van der Waals surface area contributed by atoms with Gasteiger partial charge in [0, 0.05) is 42.9 Å². The summed E-state index contributed by atoms with van der Waals surface area (Å²) in [5.74, 6) is 1.35. The van der Waals surface area contributed by atoms with Crippen LogP contribution in [0.25, 0.3) is 0 Å². The van der Waals surface area contributed by atoms with E-state index < -0.39 is 17.6 Å². The summed E-state index contributed by atoms with van der Waals surface area (Å²) in [5, 5.41) is 2.64. The van der Waals surface area contributed by atoms with Crippen LogP contribution in [0.4, 0.5) is 4.79 Å². The maximum absolute atomic E-state index is 14.4. The minimum Gasteiger partial charge on any atom is -0.445 e. The van der Waals surface area contributed by atoms with Gasteiger partial charge in [-0.15, -0.1) is 0 Å². The molecular weight excluding hydrogens is 480 g/mol. The van der Waals surface area contributed by atoms with Crippen molar-refractivity contribution in [1.29, 1.82) is 0 Å². The number of carbonyl (C=O) groups excluding carboxylic acids is 3. The third-order valence-electron chi connectivity index (χ3n) is 12.7. The van der Waals surface area contributed by atoms with Crippen molar-refractivity contribution < 1.29 is 23.9 Å². The number of Topliss-reactive ketones (excluding diaryl/α,β-unsaturated/α-hetero) is 1. The molecule has 4 unspecified atom stereocenters. The number of nitrogens with zero attached hydrogens (tertiary/aromatic N) is 1. The van der Waals surface area contributed by atoms with Gasteiger partial charge in [-0.3, -0.25) is 14.9 Å². The number of fused-ring (bicyclic) bond motifs is 2. The lowest BCUT2D eigenvalue weighted by Crippen LogP contribution is -2.63. The maximum atomic E-state index is 14.4. The van der Waals surface area contributed by atoms with Crippen LogP contribution in [0, 0.1) is 51.8 Å². The van der Waals surface area contributed by atoms with Crippen LogP contribution in [0.3, 0.4) is 0 Å². The van der Waals surface area contributed by atoms with E-state index in [0.717, 1.165) is 58.2 Å². The van der Waals surface area contributed by atoms with Gasteiger partial charge in [-0.25, -0.2) is 4.79 Å². The van der Waals surface area contributed by atoms with E-state index in [4.69, 9.17) is 9.47 Å². The van der Waals surface area contributed by atoms with Gasteiger partial charge in [-0.2, -0.15) is 0 Å². The van der Waals surface area contributed by atoms with Gasteiger partial charge < -0.3 is 14.4 Å². The van der Waals surface area contributed by atoms with Gasteiger partial charge in [-0.1, -0.05) is 40.5 Å². The number of ketones is 1. The fraction of sp³-hybridized carbons (Fsp3) is 0.903. The molecule has 2 amide bonds. The van der Waals surface area contributed by atoms with Crippen LogP contribution in [0.15, 0.2) is 0 Å². The van der Waals surface area contributed by atoms with E-state index in [1.54, 1.807) is 7.11 Å². The molecule has 0 spiro atoms. The summed E-state index contributed by atoms with van der Waals surface area (Å²) in [7, 11) is 1.79. The number of ether oxygens (including phenoxy) is 2. The molecule has 0 aromatic carbocycles. The molecule has 7 nitrogen and oxygen atoms in total. The van der Waals surface area contributed by atoms with E-state index in [-0.39, 0.29) is 40.6 Å². The van der Waals surface area contributed by atoms with Crippen LogP contribution in [-0.4, -0.2) is 61.6 Å². The van der Waals surface area contributed by atoms with E-state index in [1.807, 2.05) is 0 Å². The molecular formula is C31H48N2O5. The third kappa shape index (κ3) is 4.00. The Hall–Kier alpha value is -1.47. The molecule has 7 heteroatoms. The first-order valence-electron chi connectivity index (χ1n) is 15.3. The van der Waals surface area contributed by atoms with Crippen molar-refractivity contribution in [1.82, 2.24) is 10.2 Å². The Morgan fingerprint density at radius 2 is 1.79 bits per heavy atom. The fourth-order valence-electron chi connectivity index (χ4n) is 10.2. The van der Waals surface area contributed by atoms with Gasteiger partial charge in [0.2, 0.25) is 5.91 Å². The summed E-state index contributed by atoms with van der Waals surface area (Å²) < 4.78 is 12.5. The predicted octanol–water partition coefficient (Wildman–Crippen LogP) is 4.82. The Morgan fingerprint density at radius 1 is 1.05 bits per heavy atom. The molecule has 4 bridgehead atoms. The van der Waals surface area contributed by atoms with E-state index in [0.29, 0.717) is 30.0 Å². The van der Waals surface area contributed by atoms with E-state index in [2.05, 4.69) is 37.9 Å². The summed E-state index contributed by atoms with van der Waals surface area (Å²) in [6.07, 6.45) is 7.72. The summed E-state index contributed by atoms with van der Waals surface area (Å²) in [6, 6.07) is 0. The summed E-state index contributed by atoms with van der Waals surface area (Å²) in [4.78, 5) is 43.3. The highest BCUT2D eigenvalue weighted by Crippen LogP contribution is 2.69. The second kappa shape index (κ2) is 9.29. The van der Waals surface area contributed by atoms with Gasteiger partial charge in [0.15, 0.2) is 0 Å². The van der Waals surface area contributed by atoms with Gasteiger partial charge in [0.1, 0.15) is 11.9 Å². The lowest BCUT2D eigenvalue weighted by Gasteiger charge is -2.62. The number of carbonyl (C=O) groups is 3. The Labute approximate surface area is 228 Å². The number of alkyl carbamates (subject to hydrolysis) is 1. The number of imide groups is 1. The average Bonchev–Trinajstić information content (AvgIpc) is 3.28. The van der Waals surface area contributed by atoms with Crippen LogP contribution in [0.2, 0.25) is 0 Å². The highest BCUT2D eigenvalue weighted by Gasteiger charge is 2.69. The molecule has 38 heavy (non-hydrogen) atoms. The second-order valence-corrected chi connectivity index (χ2v) is 14.6. The van der Waals surface area contributed by atoms with Crippen LogP contribution in [0.1, 0.15) is 85.5 Å². The molecule has 212 valence electrons. The zero-order valence-corrected chi connectivity index (χ0v) is 24.1. The molecule has 2 aliphatic heterocycles. The van der Waals surface area contributed by atoms with Gasteiger partial charge in [0.25, 0.3) is 0 Å². The molecule has 2 heterocycles. The van der Waals surface area contributed by atoms with Gasteiger partial charge >= 0.3 is 6.09 Å². The lowest BCUT2D eigenvalue weighted by molar-refractivity contribution is -0.192. The molecule has 2 saturated heterocycles. The number of methoxy groups -OCH3 is 1. The first kappa shape index (κ1) is 26.7. The number of amides is 2. The molecule has 4 saturated carbocycles. The van der Waals surface area contributed by atoms with Crippen molar-refractivity contribution >= 4 is 17.8 Å². The van der Waals surface area contributed by atoms with Crippen LogP contribution < -0.4 is 5.32 Å². The third-order valence-corrected chi connectivity index (χ3v) is 12.7. The minimum atomic E-state index is -0.635. The first-order valence-corrected chi connectivity index (χ1v) is 15.3. The lowest BCUT2D eigenvalue weighted by atomic mass is 9.43. The van der Waals surface area contributed by atoms with Crippen LogP contribution >= 0.6 is 0 Å². The molecule has 6 aliphatic rings. The fourth-order valence-corrected chi connectivity index (χ4v) is 10.2. The van der Waals surface area contributed by atoms with Gasteiger partial charge in [-0.05, 0) is 74.7 Å². The van der Waals surface area contributed by atoms with Gasteiger partial charge in [0.05, 0.1) is 12.0 Å². The largest absolute Gasteiger partial charge is 0.445 e. The Bertz CT molecular complexity index is 997. The summed E-state index contributed by atoms with van der Waals surface area (Å²) in [5.41, 5.74) is -1.00. The SMILES string of the molecule is COC1CCC23CC[C@@H](C)[C@](C)(C12)[C@H](OC(=O)NC(=O)[C@H]1CN2CC[C@@H]1C2)C[C@@](C)(CC1CC1)C(=O)[C@@H]3C. The monoisotopic (exact) mass is 528 g/mol. The van der Waals surface area contributed by atoms with Crippen LogP contribution in [0.5, 0.6) is 0 Å². The molecule has 0 aromatic heterocycles. The smallest absolute Gasteiger partial charge is 0.414 e. The normalized spacial score (nSPS) is 49.8. The highest BCUT2D eigenvalue weighted by molar-refractivity contribution is 5.93. The maximum Gasteiger partial charge on any atom is 0.414 e. The highest BCUT2D eigenvalue weighted by atomic mass is 16.6. The number of rotatable bonds is 5. The van der Waals surface area contributed by atoms with E-state index in [1.165, 1.54) is 12.8 Å². The molecule has 0 aromatic rings. The van der Waals surface area contributed by atoms with Crippen LogP contribution in [-0.2, 0) is 19.1 Å². The first-order chi connectivity index (χ1) is 18.0. The quantitative estimate of drug-likeness (QED) is 0.551. The number of nitrogens with one attached hydrogen (secondary N) is 1. The molecule has 6 fully saturated rings. The second-order valence-electron chi connectivity index (χ2n) is 14.6. The molecule has 6 rings (SSSR count). The Balaban J connectivity index is 1.33. The van der Waals surface area contributed by atoms with Crippen molar-refractivity contribution in [3.05, 3.63) is 0 Å². The van der Waals surface area contributed by atoms with Crippen molar-refractivity contribution in [2.45, 2.75) is 97.7 Å². The zero-order chi connectivity index (χ0) is 27.0. The topological polar surface area (TPSA) is 84.9 Å². The number of piperidine rings is 1. The van der Waals surface area contributed by atoms with E-state index in [9.17, 15) is 14.4 Å². The standard InChI is InChI=1S/C31H48N2O5/c1-18-8-11-31-12-9-23(37-5)25(31)30(18,4)24(15-29(3,14-20-6-7-20)26(34)19(31)2)38-28(36)32-27(35)22-17-33-13-10-21(22)16-33/h18-25H,6-17H2,1-5H3,(H,32,35,36)/t18-,19+,21-,22+,23?,24-,25?,29-,30+,31?/m1/s1. The summed E-state index contributed by atoms with van der Waals surface area (Å²) in [6.45, 7) is 11.7. The molecule has 4 aliphatic carbocycles. The van der Waals surface area contributed by atoms with Crippen molar-refractivity contribution in [3.63, 3.8) is 0 Å². The predicted molar refractivity (Wildman–Crippen MR) is 143 cm³/mol. The van der Waals surface area contributed by atoms with Crippen molar-refractivity contribution in [2.24, 2.45) is 51.8 Å². The molecule has 0 radical (unpaired) electrons. The average molecular weight is 529 g/mol. The number of hydrogen-bond acceptors (Lipinski definition) is 6. The minimum absolute atomic E-state index is 0.0348. The number of hydrogen-bond donors (Lipinski definition) is 1. The molecule has 11 atom stereocenters. The van der Waals surface area contributed by atoms with Crippen molar-refractivity contribution in [3.8, 4) is 0 Å². The van der Waals surface area contributed by atoms with E-state index >= 15 is 0 Å².